The van der Waals surface area contributed by atoms with Crippen LogP contribution >= 0.6 is 11.8 Å². The fourth-order valence-electron chi connectivity index (χ4n) is 2.29. The standard InChI is InChI=1S/C13H23N3S/c1-11-12(2)17-13-7-5-9-16(13)15(11)10-6-8-14(3)4/h5,9,13H,6-8,10H2,1-4H3. The average Bonchev–Trinajstić information content (AvgIpc) is 2.70. The first-order chi connectivity index (χ1) is 8.09. The lowest BCUT2D eigenvalue weighted by atomic mass is 10.3. The molecule has 2 aliphatic rings. The molecule has 0 radical (unpaired) electrons. The smallest absolute Gasteiger partial charge is 0.103 e. The lowest BCUT2D eigenvalue weighted by molar-refractivity contribution is 0.0519. The summed E-state index contributed by atoms with van der Waals surface area (Å²) in [6.45, 7) is 6.75. The normalized spacial score (nSPS) is 23.9. The summed E-state index contributed by atoms with van der Waals surface area (Å²) >= 11 is 2.00. The van der Waals surface area contributed by atoms with Gasteiger partial charge >= 0.3 is 0 Å². The van der Waals surface area contributed by atoms with Crippen LogP contribution in [0, 0.1) is 0 Å². The van der Waals surface area contributed by atoms with E-state index in [0.29, 0.717) is 5.37 Å². The Morgan fingerprint density at radius 3 is 2.88 bits per heavy atom. The van der Waals surface area contributed by atoms with E-state index in [1.54, 1.807) is 0 Å². The molecule has 1 atom stereocenters. The minimum atomic E-state index is 0.595. The maximum Gasteiger partial charge on any atom is 0.103 e. The molecule has 0 N–H and O–H groups in total. The molecule has 4 heteroatoms. The summed E-state index contributed by atoms with van der Waals surface area (Å²) in [5.41, 5.74) is 1.41. The molecule has 2 heterocycles. The zero-order chi connectivity index (χ0) is 12.4. The van der Waals surface area contributed by atoms with Crippen molar-refractivity contribution < 1.29 is 0 Å². The van der Waals surface area contributed by atoms with Crippen molar-refractivity contribution >= 4 is 11.8 Å². The van der Waals surface area contributed by atoms with Crippen molar-refractivity contribution in [3.8, 4) is 0 Å². The highest BCUT2D eigenvalue weighted by molar-refractivity contribution is 8.03. The van der Waals surface area contributed by atoms with E-state index in [2.05, 4.69) is 55.1 Å². The highest BCUT2D eigenvalue weighted by atomic mass is 32.2. The predicted octanol–water partition coefficient (Wildman–Crippen LogP) is 2.70. The molecule has 0 spiro atoms. The fourth-order valence-corrected chi connectivity index (χ4v) is 3.47. The second-order valence-corrected chi connectivity index (χ2v) is 6.39. The summed E-state index contributed by atoms with van der Waals surface area (Å²) in [5, 5.41) is 5.45. The van der Waals surface area contributed by atoms with E-state index < -0.39 is 0 Å². The Labute approximate surface area is 109 Å². The van der Waals surface area contributed by atoms with Gasteiger partial charge in [0.2, 0.25) is 0 Å². The van der Waals surface area contributed by atoms with Crippen LogP contribution in [0.25, 0.3) is 0 Å². The number of hydrogen-bond acceptors (Lipinski definition) is 4. The third-order valence-corrected chi connectivity index (χ3v) is 4.68. The largest absolute Gasteiger partial charge is 0.309 e. The van der Waals surface area contributed by atoms with Gasteiger partial charge < -0.3 is 4.90 Å². The van der Waals surface area contributed by atoms with Gasteiger partial charge in [0.25, 0.3) is 0 Å². The van der Waals surface area contributed by atoms with E-state index in [1.165, 1.54) is 23.4 Å². The van der Waals surface area contributed by atoms with Gasteiger partial charge in [0.15, 0.2) is 0 Å². The highest BCUT2D eigenvalue weighted by Crippen LogP contribution is 2.39. The minimum Gasteiger partial charge on any atom is -0.309 e. The van der Waals surface area contributed by atoms with Crippen LogP contribution in [0.1, 0.15) is 26.7 Å². The maximum absolute atomic E-state index is 2.45. The molecule has 0 saturated carbocycles. The molecule has 0 aliphatic carbocycles. The molecule has 96 valence electrons. The van der Waals surface area contributed by atoms with Gasteiger partial charge in [-0.15, -0.1) is 11.8 Å². The van der Waals surface area contributed by atoms with E-state index >= 15 is 0 Å². The van der Waals surface area contributed by atoms with Crippen molar-refractivity contribution in [1.29, 1.82) is 0 Å². The molecule has 0 aromatic heterocycles. The van der Waals surface area contributed by atoms with Gasteiger partial charge in [-0.25, -0.2) is 0 Å². The number of thioether (sulfide) groups is 1. The highest BCUT2D eigenvalue weighted by Gasteiger charge is 2.30. The first-order valence-corrected chi connectivity index (χ1v) is 7.19. The summed E-state index contributed by atoms with van der Waals surface area (Å²) in [4.78, 5) is 3.72. The molecule has 1 unspecified atom stereocenters. The molecule has 0 amide bonds. The summed E-state index contributed by atoms with van der Waals surface area (Å²) < 4.78 is 0. The Morgan fingerprint density at radius 2 is 2.18 bits per heavy atom. The molecule has 0 aromatic carbocycles. The first kappa shape index (κ1) is 12.8. The number of rotatable bonds is 4. The molecule has 0 bridgehead atoms. The zero-order valence-corrected chi connectivity index (χ0v) is 12.1. The summed E-state index contributed by atoms with van der Waals surface area (Å²) in [6.07, 6.45) is 6.89. The Bertz CT molecular complexity index is 336. The van der Waals surface area contributed by atoms with Crippen molar-refractivity contribution in [3.63, 3.8) is 0 Å². The van der Waals surface area contributed by atoms with Crippen molar-refractivity contribution in [2.75, 3.05) is 27.2 Å². The van der Waals surface area contributed by atoms with E-state index in [1.807, 2.05) is 11.8 Å². The minimum absolute atomic E-state index is 0.595. The number of hydrogen-bond donors (Lipinski definition) is 0. The quantitative estimate of drug-likeness (QED) is 0.762. The van der Waals surface area contributed by atoms with Crippen molar-refractivity contribution in [3.05, 3.63) is 22.9 Å². The Morgan fingerprint density at radius 1 is 1.41 bits per heavy atom. The van der Waals surface area contributed by atoms with E-state index in [9.17, 15) is 0 Å². The van der Waals surface area contributed by atoms with E-state index in [4.69, 9.17) is 0 Å². The van der Waals surface area contributed by atoms with Crippen LogP contribution in [0.15, 0.2) is 22.9 Å². The zero-order valence-electron chi connectivity index (χ0n) is 11.3. The van der Waals surface area contributed by atoms with Gasteiger partial charge in [-0.05, 0) is 47.3 Å². The summed E-state index contributed by atoms with van der Waals surface area (Å²) in [6, 6.07) is 0. The molecule has 0 fully saturated rings. The van der Waals surface area contributed by atoms with Crippen LogP contribution in [0.2, 0.25) is 0 Å². The topological polar surface area (TPSA) is 9.72 Å². The van der Waals surface area contributed by atoms with E-state index in [0.717, 1.165) is 13.1 Å². The van der Waals surface area contributed by atoms with Crippen LogP contribution in [0.5, 0.6) is 0 Å². The first-order valence-electron chi connectivity index (χ1n) is 6.31. The third kappa shape index (κ3) is 2.80. The predicted molar refractivity (Wildman–Crippen MR) is 75.2 cm³/mol. The lowest BCUT2D eigenvalue weighted by Gasteiger charge is -2.43. The summed E-state index contributed by atoms with van der Waals surface area (Å²) in [5.74, 6) is 0. The van der Waals surface area contributed by atoms with Crippen molar-refractivity contribution in [2.45, 2.75) is 32.1 Å². The second-order valence-electron chi connectivity index (χ2n) is 4.99. The van der Waals surface area contributed by atoms with Crippen LogP contribution in [-0.2, 0) is 0 Å². The SMILES string of the molecule is CC1=C(C)N(CCCN(C)C)N2C=CCC2S1. The van der Waals surface area contributed by atoms with Gasteiger partial charge in [-0.1, -0.05) is 6.08 Å². The van der Waals surface area contributed by atoms with Crippen LogP contribution < -0.4 is 0 Å². The number of allylic oxidation sites excluding steroid dienone is 2. The molecule has 0 saturated heterocycles. The Kier molecular flexibility index (Phi) is 4.05. The van der Waals surface area contributed by atoms with Crippen LogP contribution in [-0.4, -0.2) is 47.5 Å². The molecule has 17 heavy (non-hydrogen) atoms. The van der Waals surface area contributed by atoms with E-state index in [-0.39, 0.29) is 0 Å². The van der Waals surface area contributed by atoms with Crippen LogP contribution in [0.3, 0.4) is 0 Å². The van der Waals surface area contributed by atoms with Gasteiger partial charge in [-0.3, -0.25) is 10.0 Å². The Balaban J connectivity index is 2.01. The maximum atomic E-state index is 2.45. The van der Waals surface area contributed by atoms with Gasteiger partial charge in [0.1, 0.15) is 5.37 Å². The van der Waals surface area contributed by atoms with Crippen molar-refractivity contribution in [2.24, 2.45) is 0 Å². The monoisotopic (exact) mass is 253 g/mol. The van der Waals surface area contributed by atoms with Gasteiger partial charge in [-0.2, -0.15) is 0 Å². The van der Waals surface area contributed by atoms with Crippen LogP contribution in [0.4, 0.5) is 0 Å². The second kappa shape index (κ2) is 5.36. The third-order valence-electron chi connectivity index (χ3n) is 3.35. The fraction of sp³-hybridized carbons (Fsp3) is 0.692. The molecule has 3 nitrogen and oxygen atoms in total. The number of nitrogens with zero attached hydrogens (tertiary/aromatic N) is 3. The number of fused-ring (bicyclic) bond motifs is 1. The lowest BCUT2D eigenvalue weighted by Crippen LogP contribution is -2.44. The number of hydrazine groups is 1. The van der Waals surface area contributed by atoms with Crippen molar-refractivity contribution in [1.82, 2.24) is 14.9 Å². The van der Waals surface area contributed by atoms with Gasteiger partial charge in [0, 0.05) is 23.3 Å². The molecule has 2 aliphatic heterocycles. The Hall–Kier alpha value is -0.610. The molecule has 0 aromatic rings. The molecular formula is C13H23N3S. The average molecular weight is 253 g/mol. The molecule has 2 rings (SSSR count). The van der Waals surface area contributed by atoms with Gasteiger partial charge in [0.05, 0.1) is 0 Å². The summed E-state index contributed by atoms with van der Waals surface area (Å²) in [7, 11) is 4.27. The molecular weight excluding hydrogens is 230 g/mol.